The number of rotatable bonds is 8. The molecule has 5 nitrogen and oxygen atoms in total. The molecule has 4 rings (SSSR count). The predicted octanol–water partition coefficient (Wildman–Crippen LogP) is 6.60. The van der Waals surface area contributed by atoms with E-state index in [1.807, 2.05) is 54.4 Å². The highest BCUT2D eigenvalue weighted by Crippen LogP contribution is 2.36. The summed E-state index contributed by atoms with van der Waals surface area (Å²) in [4.78, 5) is 18.2. The van der Waals surface area contributed by atoms with Gasteiger partial charge in [-0.25, -0.2) is 0 Å². The SMILES string of the molecule is CN(CCNC(=O)c1ccccc1)Cc1ccc(-c2ccc(Br)cc2)n1-c1cnccc1C(F)(F)F.Cl. The summed E-state index contributed by atoms with van der Waals surface area (Å²) in [6.45, 7) is 1.27. The van der Waals surface area contributed by atoms with Gasteiger partial charge in [-0.2, -0.15) is 13.2 Å². The zero-order valence-electron chi connectivity index (χ0n) is 19.9. The summed E-state index contributed by atoms with van der Waals surface area (Å²) in [5, 5.41) is 2.88. The maximum absolute atomic E-state index is 13.9. The number of nitrogens with one attached hydrogen (secondary N) is 1. The van der Waals surface area contributed by atoms with Crippen molar-refractivity contribution < 1.29 is 18.0 Å². The molecule has 37 heavy (non-hydrogen) atoms. The monoisotopic (exact) mass is 592 g/mol. The lowest BCUT2D eigenvalue weighted by Gasteiger charge is -2.22. The normalized spacial score (nSPS) is 11.3. The highest BCUT2D eigenvalue weighted by Gasteiger charge is 2.35. The van der Waals surface area contributed by atoms with Gasteiger partial charge in [-0.1, -0.05) is 46.3 Å². The van der Waals surface area contributed by atoms with Gasteiger partial charge in [0.05, 0.1) is 23.1 Å². The van der Waals surface area contributed by atoms with Gasteiger partial charge in [0.2, 0.25) is 0 Å². The fourth-order valence-corrected chi connectivity index (χ4v) is 4.21. The van der Waals surface area contributed by atoms with E-state index in [9.17, 15) is 18.0 Å². The van der Waals surface area contributed by atoms with E-state index in [2.05, 4.69) is 26.2 Å². The molecule has 0 aliphatic heterocycles. The number of hydrogen-bond donors (Lipinski definition) is 1. The van der Waals surface area contributed by atoms with Crippen molar-refractivity contribution in [3.8, 4) is 16.9 Å². The van der Waals surface area contributed by atoms with E-state index < -0.39 is 11.7 Å². The van der Waals surface area contributed by atoms with Crippen LogP contribution in [-0.4, -0.2) is 40.5 Å². The Morgan fingerprint density at radius 3 is 2.41 bits per heavy atom. The van der Waals surface area contributed by atoms with Crippen LogP contribution in [0.3, 0.4) is 0 Å². The number of hydrogen-bond acceptors (Lipinski definition) is 3. The number of benzene rings is 2. The van der Waals surface area contributed by atoms with Crippen LogP contribution in [0.4, 0.5) is 13.2 Å². The Kier molecular flexibility index (Phi) is 9.53. The van der Waals surface area contributed by atoms with Crippen molar-refractivity contribution in [2.24, 2.45) is 0 Å². The number of nitrogens with zero attached hydrogens (tertiary/aromatic N) is 3. The topological polar surface area (TPSA) is 50.2 Å². The third kappa shape index (κ3) is 7.00. The van der Waals surface area contributed by atoms with E-state index in [0.29, 0.717) is 36.6 Å². The van der Waals surface area contributed by atoms with E-state index >= 15 is 0 Å². The molecule has 0 saturated carbocycles. The Balaban J connectivity index is 0.00000380. The first-order chi connectivity index (χ1) is 17.2. The molecular weight excluding hydrogens is 569 g/mol. The van der Waals surface area contributed by atoms with Crippen LogP contribution in [0.1, 0.15) is 21.6 Å². The van der Waals surface area contributed by atoms with Crippen LogP contribution < -0.4 is 5.32 Å². The number of amides is 1. The minimum atomic E-state index is -4.54. The van der Waals surface area contributed by atoms with Crippen LogP contribution in [0.25, 0.3) is 16.9 Å². The molecule has 0 atom stereocenters. The molecule has 10 heteroatoms. The van der Waals surface area contributed by atoms with Crippen LogP contribution in [0.5, 0.6) is 0 Å². The fourth-order valence-electron chi connectivity index (χ4n) is 3.94. The molecule has 1 N–H and O–H groups in total. The maximum atomic E-state index is 13.9. The smallest absolute Gasteiger partial charge is 0.351 e. The minimum absolute atomic E-state index is 0. The van der Waals surface area contributed by atoms with E-state index in [1.165, 1.54) is 6.20 Å². The summed E-state index contributed by atoms with van der Waals surface area (Å²) in [6, 6.07) is 20.9. The van der Waals surface area contributed by atoms with Crippen molar-refractivity contribution in [3.63, 3.8) is 0 Å². The number of aromatic nitrogens is 2. The predicted molar refractivity (Wildman–Crippen MR) is 144 cm³/mol. The highest BCUT2D eigenvalue weighted by atomic mass is 79.9. The third-order valence-electron chi connectivity index (χ3n) is 5.70. The molecule has 0 aliphatic carbocycles. The van der Waals surface area contributed by atoms with Gasteiger partial charge in [0.15, 0.2) is 0 Å². The van der Waals surface area contributed by atoms with Crippen molar-refractivity contribution >= 4 is 34.2 Å². The maximum Gasteiger partial charge on any atom is 0.418 e. The highest BCUT2D eigenvalue weighted by molar-refractivity contribution is 9.10. The van der Waals surface area contributed by atoms with Crippen molar-refractivity contribution in [2.45, 2.75) is 12.7 Å². The van der Waals surface area contributed by atoms with Crippen molar-refractivity contribution in [2.75, 3.05) is 20.1 Å². The molecule has 2 aromatic heterocycles. The minimum Gasteiger partial charge on any atom is -0.351 e. The molecule has 0 fully saturated rings. The summed E-state index contributed by atoms with van der Waals surface area (Å²) in [6.07, 6.45) is -2.14. The molecular formula is C27H25BrClF3N4O. The first kappa shape index (κ1) is 28.4. The summed E-state index contributed by atoms with van der Waals surface area (Å²) in [5.74, 6) is -0.171. The van der Waals surface area contributed by atoms with Crippen molar-refractivity contribution in [3.05, 3.63) is 106 Å². The lowest BCUT2D eigenvalue weighted by atomic mass is 10.1. The summed E-state index contributed by atoms with van der Waals surface area (Å²) in [5.41, 5.74) is 1.86. The van der Waals surface area contributed by atoms with Crippen LogP contribution in [0.15, 0.2) is 89.7 Å². The summed E-state index contributed by atoms with van der Waals surface area (Å²) >= 11 is 3.40. The number of halogens is 5. The fraction of sp³-hybridized carbons (Fsp3) is 0.185. The Morgan fingerprint density at radius 2 is 1.73 bits per heavy atom. The van der Waals surface area contributed by atoms with Crippen LogP contribution in [0.2, 0.25) is 0 Å². The van der Waals surface area contributed by atoms with Gasteiger partial charge in [0.1, 0.15) is 0 Å². The zero-order valence-corrected chi connectivity index (χ0v) is 22.3. The average Bonchev–Trinajstić information content (AvgIpc) is 3.27. The number of carbonyl (C=O) groups is 1. The Labute approximate surface area is 227 Å². The van der Waals surface area contributed by atoms with Gasteiger partial charge in [-0.15, -0.1) is 12.4 Å². The van der Waals surface area contributed by atoms with Gasteiger partial charge >= 0.3 is 6.18 Å². The zero-order chi connectivity index (χ0) is 25.7. The number of likely N-dealkylation sites (N-methyl/N-ethyl adjacent to an activating group) is 1. The first-order valence-electron chi connectivity index (χ1n) is 11.2. The molecule has 2 aromatic carbocycles. The second-order valence-corrected chi connectivity index (χ2v) is 9.22. The molecule has 0 saturated heterocycles. The van der Waals surface area contributed by atoms with Crippen LogP contribution in [0, 0.1) is 0 Å². The Hall–Kier alpha value is -3.14. The summed E-state index contributed by atoms with van der Waals surface area (Å²) < 4.78 is 44.2. The number of carbonyl (C=O) groups excluding carboxylic acids is 1. The number of alkyl halides is 3. The molecule has 0 aliphatic rings. The molecule has 2 heterocycles. The van der Waals surface area contributed by atoms with Gasteiger partial charge < -0.3 is 9.88 Å². The van der Waals surface area contributed by atoms with Gasteiger partial charge in [0.25, 0.3) is 5.91 Å². The quantitative estimate of drug-likeness (QED) is 0.250. The van der Waals surface area contributed by atoms with E-state index in [4.69, 9.17) is 0 Å². The lowest BCUT2D eigenvalue weighted by molar-refractivity contribution is -0.137. The van der Waals surface area contributed by atoms with Crippen LogP contribution in [-0.2, 0) is 12.7 Å². The van der Waals surface area contributed by atoms with E-state index in [0.717, 1.165) is 22.3 Å². The van der Waals surface area contributed by atoms with Gasteiger partial charge in [-0.3, -0.25) is 14.7 Å². The molecule has 0 unspecified atom stereocenters. The van der Waals surface area contributed by atoms with E-state index in [1.54, 1.807) is 28.8 Å². The molecule has 1 amide bonds. The molecule has 4 aromatic rings. The molecule has 0 bridgehead atoms. The second kappa shape index (κ2) is 12.4. The van der Waals surface area contributed by atoms with Crippen molar-refractivity contribution in [1.29, 1.82) is 0 Å². The molecule has 194 valence electrons. The third-order valence-corrected chi connectivity index (χ3v) is 6.22. The van der Waals surface area contributed by atoms with Gasteiger partial charge in [0, 0.05) is 41.6 Å². The van der Waals surface area contributed by atoms with Gasteiger partial charge in [-0.05, 0) is 55.1 Å². The first-order valence-corrected chi connectivity index (χ1v) is 12.0. The van der Waals surface area contributed by atoms with Crippen molar-refractivity contribution in [1.82, 2.24) is 19.8 Å². The lowest BCUT2D eigenvalue weighted by Crippen LogP contribution is -2.33. The molecule has 0 spiro atoms. The standard InChI is InChI=1S/C27H24BrF3N4O.ClH/c1-34(16-15-33-26(36)20-5-3-2-4-6-20)18-22-11-12-24(19-7-9-21(28)10-8-19)35(22)25-17-32-14-13-23(25)27(29,30)31;/h2-14,17H,15-16,18H2,1H3,(H,33,36);1H. The Morgan fingerprint density at radius 1 is 1.03 bits per heavy atom. The summed E-state index contributed by atoms with van der Waals surface area (Å²) in [7, 11) is 1.86. The molecule has 0 radical (unpaired) electrons. The largest absolute Gasteiger partial charge is 0.418 e. The number of pyridine rings is 1. The average molecular weight is 594 g/mol. The van der Waals surface area contributed by atoms with Crippen LogP contribution >= 0.6 is 28.3 Å². The second-order valence-electron chi connectivity index (χ2n) is 8.30. The van der Waals surface area contributed by atoms with E-state index in [-0.39, 0.29) is 24.0 Å². The Bertz CT molecular complexity index is 1330.